The minimum absolute atomic E-state index is 0.139. The first-order chi connectivity index (χ1) is 13.1. The topological polar surface area (TPSA) is 37.0 Å². The number of rotatable bonds is 4. The third-order valence-electron chi connectivity index (χ3n) is 3.73. The van der Waals surface area contributed by atoms with Crippen molar-refractivity contribution < 1.29 is 26.3 Å². The Labute approximate surface area is 156 Å². The molecular formula is C19H13F6N3. The van der Waals surface area contributed by atoms with E-state index in [9.17, 15) is 26.3 Å². The van der Waals surface area contributed by atoms with Crippen molar-refractivity contribution in [3.63, 3.8) is 0 Å². The summed E-state index contributed by atoms with van der Waals surface area (Å²) >= 11 is 0. The molecule has 3 nitrogen and oxygen atoms in total. The molecule has 0 bridgehead atoms. The minimum Gasteiger partial charge on any atom is -0.352 e. The average molecular weight is 397 g/mol. The van der Waals surface area contributed by atoms with Crippen LogP contribution in [-0.2, 0) is 12.4 Å². The van der Waals surface area contributed by atoms with Crippen molar-refractivity contribution in [1.82, 2.24) is 4.98 Å². The zero-order chi connectivity index (χ0) is 20.4. The summed E-state index contributed by atoms with van der Waals surface area (Å²) in [6.07, 6.45) is -7.58. The van der Waals surface area contributed by atoms with Crippen LogP contribution in [0.2, 0.25) is 0 Å². The summed E-state index contributed by atoms with van der Waals surface area (Å²) in [6, 6.07) is 12.2. The van der Waals surface area contributed by atoms with E-state index in [4.69, 9.17) is 0 Å². The van der Waals surface area contributed by atoms with Crippen LogP contribution in [-0.4, -0.2) is 4.98 Å². The van der Waals surface area contributed by atoms with Gasteiger partial charge in [0, 0.05) is 17.6 Å². The van der Waals surface area contributed by atoms with Crippen molar-refractivity contribution in [2.45, 2.75) is 12.4 Å². The number of nitrogens with one attached hydrogen (secondary N) is 2. The standard InChI is InChI=1S/C19H13F6N3/c20-18(21,22)12-4-1-6-14(10-12)27-16-8-3-9-26-17(16)28-15-7-2-5-13(11-15)19(23,24)25/h1-11,27H,(H,26,28). The molecule has 1 heterocycles. The van der Waals surface area contributed by atoms with Crippen molar-refractivity contribution in [3.05, 3.63) is 78.0 Å². The molecule has 0 saturated carbocycles. The van der Waals surface area contributed by atoms with Gasteiger partial charge in [-0.3, -0.25) is 0 Å². The fourth-order valence-electron chi connectivity index (χ4n) is 2.44. The molecule has 0 aliphatic rings. The maximum absolute atomic E-state index is 12.9. The lowest BCUT2D eigenvalue weighted by Crippen LogP contribution is -2.06. The number of alkyl halides is 6. The maximum atomic E-state index is 12.9. The Kier molecular flexibility index (Phi) is 5.17. The largest absolute Gasteiger partial charge is 0.416 e. The highest BCUT2D eigenvalue weighted by molar-refractivity contribution is 5.75. The van der Waals surface area contributed by atoms with Gasteiger partial charge in [-0.2, -0.15) is 26.3 Å². The first-order valence-corrected chi connectivity index (χ1v) is 7.96. The third kappa shape index (κ3) is 4.73. The summed E-state index contributed by atoms with van der Waals surface area (Å²) in [7, 11) is 0. The second-order valence-corrected chi connectivity index (χ2v) is 5.81. The van der Waals surface area contributed by atoms with Crippen molar-refractivity contribution >= 4 is 22.9 Å². The molecule has 9 heteroatoms. The summed E-state index contributed by atoms with van der Waals surface area (Å²) in [5, 5.41) is 5.56. The van der Waals surface area contributed by atoms with Crippen molar-refractivity contribution in [2.75, 3.05) is 10.6 Å². The van der Waals surface area contributed by atoms with Gasteiger partial charge in [0.15, 0.2) is 5.82 Å². The number of halogens is 6. The number of pyridine rings is 1. The molecule has 0 amide bonds. The van der Waals surface area contributed by atoms with Gasteiger partial charge in [0.25, 0.3) is 0 Å². The van der Waals surface area contributed by atoms with E-state index in [0.29, 0.717) is 5.69 Å². The molecule has 2 aromatic carbocycles. The summed E-state index contributed by atoms with van der Waals surface area (Å²) in [5.74, 6) is 0.166. The van der Waals surface area contributed by atoms with E-state index < -0.39 is 23.5 Å². The van der Waals surface area contributed by atoms with E-state index in [2.05, 4.69) is 15.6 Å². The summed E-state index contributed by atoms with van der Waals surface area (Å²) in [5.41, 5.74) is -1.05. The van der Waals surface area contributed by atoms with Crippen LogP contribution in [0.1, 0.15) is 11.1 Å². The first kappa shape index (κ1) is 19.5. The van der Waals surface area contributed by atoms with Crippen molar-refractivity contribution in [2.24, 2.45) is 0 Å². The van der Waals surface area contributed by atoms with Gasteiger partial charge in [0.05, 0.1) is 16.8 Å². The quantitative estimate of drug-likeness (QED) is 0.487. The van der Waals surface area contributed by atoms with Gasteiger partial charge in [0.2, 0.25) is 0 Å². The van der Waals surface area contributed by atoms with Gasteiger partial charge in [-0.05, 0) is 48.5 Å². The number of hydrogen-bond donors (Lipinski definition) is 2. The van der Waals surface area contributed by atoms with Crippen LogP contribution in [0.5, 0.6) is 0 Å². The van der Waals surface area contributed by atoms with Gasteiger partial charge in [0.1, 0.15) is 0 Å². The molecule has 2 N–H and O–H groups in total. The number of hydrogen-bond acceptors (Lipinski definition) is 3. The molecule has 28 heavy (non-hydrogen) atoms. The van der Waals surface area contributed by atoms with E-state index in [1.807, 2.05) is 0 Å². The normalized spacial score (nSPS) is 11.9. The highest BCUT2D eigenvalue weighted by Crippen LogP contribution is 2.34. The molecule has 0 unspecified atom stereocenters. The molecule has 0 aliphatic heterocycles. The second-order valence-electron chi connectivity index (χ2n) is 5.81. The summed E-state index contributed by atoms with van der Waals surface area (Å²) < 4.78 is 77.2. The summed E-state index contributed by atoms with van der Waals surface area (Å²) in [4.78, 5) is 4.06. The van der Waals surface area contributed by atoms with Gasteiger partial charge in [-0.25, -0.2) is 4.98 Å². The Bertz CT molecular complexity index is 888. The molecule has 0 spiro atoms. The Morgan fingerprint density at radius 2 is 1.18 bits per heavy atom. The van der Waals surface area contributed by atoms with Crippen molar-refractivity contribution in [3.8, 4) is 0 Å². The molecule has 0 aliphatic carbocycles. The average Bonchev–Trinajstić information content (AvgIpc) is 2.62. The number of nitrogens with zero attached hydrogens (tertiary/aromatic N) is 1. The van der Waals surface area contributed by atoms with Gasteiger partial charge < -0.3 is 10.6 Å². The first-order valence-electron chi connectivity index (χ1n) is 7.96. The Balaban J connectivity index is 1.87. The molecule has 3 aromatic rings. The summed E-state index contributed by atoms with van der Waals surface area (Å²) in [6.45, 7) is 0. The highest BCUT2D eigenvalue weighted by Gasteiger charge is 2.31. The fourth-order valence-corrected chi connectivity index (χ4v) is 2.44. The zero-order valence-electron chi connectivity index (χ0n) is 14.1. The highest BCUT2D eigenvalue weighted by atomic mass is 19.4. The van der Waals surface area contributed by atoms with Crippen LogP contribution in [0.15, 0.2) is 66.9 Å². The van der Waals surface area contributed by atoms with Crippen LogP contribution in [0.25, 0.3) is 0 Å². The zero-order valence-corrected chi connectivity index (χ0v) is 14.1. The monoisotopic (exact) mass is 397 g/mol. The van der Waals surface area contributed by atoms with E-state index in [0.717, 1.165) is 24.3 Å². The van der Waals surface area contributed by atoms with Crippen LogP contribution in [0, 0.1) is 0 Å². The minimum atomic E-state index is -4.50. The predicted octanol–water partition coefficient (Wildman–Crippen LogP) is 6.61. The van der Waals surface area contributed by atoms with Crippen LogP contribution >= 0.6 is 0 Å². The lowest BCUT2D eigenvalue weighted by atomic mass is 10.2. The molecule has 146 valence electrons. The smallest absolute Gasteiger partial charge is 0.352 e. The molecular weight excluding hydrogens is 384 g/mol. The molecule has 1 aromatic heterocycles. The van der Waals surface area contributed by atoms with Crippen molar-refractivity contribution in [1.29, 1.82) is 0 Å². The fraction of sp³-hybridized carbons (Fsp3) is 0.105. The number of anilines is 4. The van der Waals surface area contributed by atoms with Crippen LogP contribution in [0.3, 0.4) is 0 Å². The Morgan fingerprint density at radius 3 is 1.71 bits per heavy atom. The maximum Gasteiger partial charge on any atom is 0.416 e. The Morgan fingerprint density at radius 1 is 0.643 bits per heavy atom. The Hall–Kier alpha value is -3.23. The van der Waals surface area contributed by atoms with Gasteiger partial charge in [-0.15, -0.1) is 0 Å². The lowest BCUT2D eigenvalue weighted by molar-refractivity contribution is -0.138. The third-order valence-corrected chi connectivity index (χ3v) is 3.73. The second kappa shape index (κ2) is 7.41. The van der Waals surface area contributed by atoms with E-state index in [1.54, 1.807) is 12.1 Å². The van der Waals surface area contributed by atoms with Crippen LogP contribution < -0.4 is 10.6 Å². The van der Waals surface area contributed by atoms with E-state index >= 15 is 0 Å². The molecule has 0 fully saturated rings. The number of benzene rings is 2. The molecule has 0 atom stereocenters. The molecule has 3 rings (SSSR count). The van der Waals surface area contributed by atoms with Gasteiger partial charge >= 0.3 is 12.4 Å². The molecule has 0 saturated heterocycles. The van der Waals surface area contributed by atoms with Crippen LogP contribution in [0.4, 0.5) is 49.2 Å². The van der Waals surface area contributed by atoms with Gasteiger partial charge in [-0.1, -0.05) is 12.1 Å². The molecule has 0 radical (unpaired) electrons. The lowest BCUT2D eigenvalue weighted by Gasteiger charge is -2.15. The predicted molar refractivity (Wildman–Crippen MR) is 93.7 cm³/mol. The SMILES string of the molecule is FC(F)(F)c1cccc(Nc2cccnc2Nc2cccc(C(F)(F)F)c2)c1. The van der Waals surface area contributed by atoms with E-state index in [1.165, 1.54) is 30.5 Å². The number of aromatic nitrogens is 1. The van der Waals surface area contributed by atoms with E-state index in [-0.39, 0.29) is 17.2 Å².